The third-order valence-electron chi connectivity index (χ3n) is 3.09. The standard InChI is InChI=1S/C14H9F4N3O2/c1-23-13(22)12-11(20)7(5-19)6-21(12)9-4-2-3-8(10(9)15)14(16,17)18/h2-4,6H,20H2,1H3. The Hall–Kier alpha value is -3.02. The molecule has 2 rings (SSSR count). The number of nitrogen functional groups attached to an aromatic ring is 1. The molecule has 0 atom stereocenters. The molecule has 0 aliphatic heterocycles. The van der Waals surface area contributed by atoms with Gasteiger partial charge in [-0.2, -0.15) is 18.4 Å². The quantitative estimate of drug-likeness (QED) is 0.679. The van der Waals surface area contributed by atoms with Crippen LogP contribution >= 0.6 is 0 Å². The van der Waals surface area contributed by atoms with Crippen LogP contribution < -0.4 is 5.73 Å². The van der Waals surface area contributed by atoms with E-state index in [0.29, 0.717) is 6.07 Å². The molecule has 1 heterocycles. The van der Waals surface area contributed by atoms with Crippen molar-refractivity contribution in [3.63, 3.8) is 0 Å². The first-order chi connectivity index (χ1) is 10.7. The van der Waals surface area contributed by atoms with E-state index in [-0.39, 0.29) is 11.3 Å². The number of methoxy groups -OCH3 is 1. The van der Waals surface area contributed by atoms with E-state index in [1.807, 2.05) is 0 Å². The van der Waals surface area contributed by atoms with Crippen molar-refractivity contribution >= 4 is 11.7 Å². The summed E-state index contributed by atoms with van der Waals surface area (Å²) in [6.45, 7) is 0. The highest BCUT2D eigenvalue weighted by molar-refractivity contribution is 5.96. The Morgan fingerprint density at radius 2 is 2.04 bits per heavy atom. The van der Waals surface area contributed by atoms with Gasteiger partial charge in [-0.3, -0.25) is 0 Å². The maximum Gasteiger partial charge on any atom is 0.419 e. The molecule has 2 N–H and O–H groups in total. The van der Waals surface area contributed by atoms with Crippen molar-refractivity contribution in [1.82, 2.24) is 4.57 Å². The molecule has 0 saturated carbocycles. The Bertz CT molecular complexity index is 819. The summed E-state index contributed by atoms with van der Waals surface area (Å²) in [6.07, 6.45) is -3.94. The predicted molar refractivity (Wildman–Crippen MR) is 71.2 cm³/mol. The van der Waals surface area contributed by atoms with Crippen molar-refractivity contribution in [2.75, 3.05) is 12.8 Å². The first kappa shape index (κ1) is 16.4. The minimum Gasteiger partial charge on any atom is -0.464 e. The van der Waals surface area contributed by atoms with Gasteiger partial charge >= 0.3 is 12.1 Å². The van der Waals surface area contributed by atoms with Crippen molar-refractivity contribution in [1.29, 1.82) is 5.26 Å². The molecule has 120 valence electrons. The Morgan fingerprint density at radius 3 is 2.57 bits per heavy atom. The second-order valence-corrected chi connectivity index (χ2v) is 4.41. The topological polar surface area (TPSA) is 81.0 Å². The summed E-state index contributed by atoms with van der Waals surface area (Å²) in [6, 6.07) is 4.24. The molecule has 5 nitrogen and oxygen atoms in total. The largest absolute Gasteiger partial charge is 0.464 e. The highest BCUT2D eigenvalue weighted by atomic mass is 19.4. The van der Waals surface area contributed by atoms with E-state index in [2.05, 4.69) is 4.74 Å². The van der Waals surface area contributed by atoms with Gasteiger partial charge in [-0.25, -0.2) is 9.18 Å². The van der Waals surface area contributed by atoms with E-state index in [0.717, 1.165) is 30.0 Å². The average Bonchev–Trinajstić information content (AvgIpc) is 2.82. The van der Waals surface area contributed by atoms with Gasteiger partial charge in [0.05, 0.1) is 29.6 Å². The number of benzene rings is 1. The highest BCUT2D eigenvalue weighted by Gasteiger charge is 2.35. The number of carbonyl (C=O) groups excluding carboxylic acids is 1. The third-order valence-corrected chi connectivity index (χ3v) is 3.09. The van der Waals surface area contributed by atoms with E-state index in [1.54, 1.807) is 6.07 Å². The molecule has 2 aromatic rings. The predicted octanol–water partition coefficient (Wildman–Crippen LogP) is 2.88. The number of ether oxygens (including phenoxy) is 1. The number of anilines is 1. The number of halogens is 4. The van der Waals surface area contributed by atoms with Crippen LogP contribution in [0, 0.1) is 17.1 Å². The molecule has 23 heavy (non-hydrogen) atoms. The van der Waals surface area contributed by atoms with Crippen LogP contribution in [0.4, 0.5) is 23.2 Å². The Morgan fingerprint density at radius 1 is 1.39 bits per heavy atom. The molecule has 0 spiro atoms. The number of alkyl halides is 3. The summed E-state index contributed by atoms with van der Waals surface area (Å²) in [5, 5.41) is 8.94. The average molecular weight is 327 g/mol. The molecule has 0 unspecified atom stereocenters. The van der Waals surface area contributed by atoms with Crippen molar-refractivity contribution in [3.05, 3.63) is 47.0 Å². The van der Waals surface area contributed by atoms with Crippen LogP contribution in [0.5, 0.6) is 0 Å². The van der Waals surface area contributed by atoms with Crippen molar-refractivity contribution in [2.45, 2.75) is 6.18 Å². The minimum atomic E-state index is -4.91. The van der Waals surface area contributed by atoms with E-state index in [1.165, 1.54) is 0 Å². The summed E-state index contributed by atoms with van der Waals surface area (Å²) in [5.74, 6) is -2.61. The fourth-order valence-electron chi connectivity index (χ4n) is 2.03. The Balaban J connectivity index is 2.78. The number of nitrogens with two attached hydrogens (primary N) is 1. The Kier molecular flexibility index (Phi) is 4.01. The van der Waals surface area contributed by atoms with Crippen LogP contribution in [0.25, 0.3) is 5.69 Å². The number of hydrogen-bond donors (Lipinski definition) is 1. The lowest BCUT2D eigenvalue weighted by molar-refractivity contribution is -0.140. The van der Waals surface area contributed by atoms with E-state index < -0.39 is 34.9 Å². The van der Waals surface area contributed by atoms with Gasteiger partial charge in [-0.05, 0) is 12.1 Å². The van der Waals surface area contributed by atoms with Crippen LogP contribution in [0.15, 0.2) is 24.4 Å². The fourth-order valence-corrected chi connectivity index (χ4v) is 2.03. The maximum absolute atomic E-state index is 14.2. The minimum absolute atomic E-state index is 0.192. The van der Waals surface area contributed by atoms with Gasteiger partial charge in [0.25, 0.3) is 0 Å². The number of esters is 1. The van der Waals surface area contributed by atoms with Crippen LogP contribution in [-0.4, -0.2) is 17.6 Å². The number of hydrogen-bond acceptors (Lipinski definition) is 4. The van der Waals surface area contributed by atoms with Gasteiger partial charge in [0.1, 0.15) is 6.07 Å². The molecule has 0 bridgehead atoms. The lowest BCUT2D eigenvalue weighted by Crippen LogP contribution is -2.14. The Labute approximate surface area is 127 Å². The van der Waals surface area contributed by atoms with Crippen LogP contribution in [0.3, 0.4) is 0 Å². The summed E-state index contributed by atoms with van der Waals surface area (Å²) < 4.78 is 57.9. The number of aromatic nitrogens is 1. The van der Waals surface area contributed by atoms with Gasteiger partial charge < -0.3 is 15.0 Å². The highest BCUT2D eigenvalue weighted by Crippen LogP contribution is 2.34. The van der Waals surface area contributed by atoms with Gasteiger partial charge in [0.2, 0.25) is 0 Å². The molecule has 0 aliphatic rings. The van der Waals surface area contributed by atoms with Gasteiger partial charge in [-0.1, -0.05) is 6.07 Å². The lowest BCUT2D eigenvalue weighted by atomic mass is 10.1. The molecule has 0 radical (unpaired) electrons. The van der Waals surface area contributed by atoms with E-state index in [4.69, 9.17) is 11.0 Å². The SMILES string of the molecule is COC(=O)c1c(N)c(C#N)cn1-c1cccc(C(F)(F)F)c1F. The number of rotatable bonds is 2. The molecule has 1 aromatic carbocycles. The zero-order valence-electron chi connectivity index (χ0n) is 11.6. The summed E-state index contributed by atoms with van der Waals surface area (Å²) in [4.78, 5) is 11.8. The summed E-state index contributed by atoms with van der Waals surface area (Å²) in [7, 11) is 1.02. The van der Waals surface area contributed by atoms with Gasteiger partial charge in [-0.15, -0.1) is 0 Å². The molecule has 9 heteroatoms. The first-order valence-corrected chi connectivity index (χ1v) is 6.07. The van der Waals surface area contributed by atoms with Crippen LogP contribution in [-0.2, 0) is 10.9 Å². The van der Waals surface area contributed by atoms with Gasteiger partial charge in [0, 0.05) is 6.20 Å². The first-order valence-electron chi connectivity index (χ1n) is 6.07. The number of carbonyl (C=O) groups is 1. The third kappa shape index (κ3) is 2.70. The smallest absolute Gasteiger partial charge is 0.419 e. The zero-order chi connectivity index (χ0) is 17.4. The fraction of sp³-hybridized carbons (Fsp3) is 0.143. The zero-order valence-corrected chi connectivity index (χ0v) is 11.6. The second-order valence-electron chi connectivity index (χ2n) is 4.41. The van der Waals surface area contributed by atoms with Crippen LogP contribution in [0.2, 0.25) is 0 Å². The molecule has 0 amide bonds. The lowest BCUT2D eigenvalue weighted by Gasteiger charge is -2.13. The molecule has 0 fully saturated rings. The van der Waals surface area contributed by atoms with E-state index in [9.17, 15) is 22.4 Å². The normalized spacial score (nSPS) is 11.1. The molecular weight excluding hydrogens is 318 g/mol. The molecule has 0 saturated heterocycles. The molecule has 0 aliphatic carbocycles. The van der Waals surface area contributed by atoms with Crippen molar-refractivity contribution in [3.8, 4) is 11.8 Å². The van der Waals surface area contributed by atoms with Crippen molar-refractivity contribution < 1.29 is 27.1 Å². The van der Waals surface area contributed by atoms with Gasteiger partial charge in [0.15, 0.2) is 11.5 Å². The molecular formula is C14H9F4N3O2. The molecule has 1 aromatic heterocycles. The number of nitriles is 1. The summed E-state index contributed by atoms with van der Waals surface area (Å²) in [5.41, 5.74) is 2.60. The summed E-state index contributed by atoms with van der Waals surface area (Å²) >= 11 is 0. The second kappa shape index (κ2) is 5.64. The van der Waals surface area contributed by atoms with Crippen molar-refractivity contribution in [2.24, 2.45) is 0 Å². The monoisotopic (exact) mass is 327 g/mol. The van der Waals surface area contributed by atoms with Crippen LogP contribution in [0.1, 0.15) is 21.6 Å². The number of nitrogens with zero attached hydrogens (tertiary/aromatic N) is 2. The van der Waals surface area contributed by atoms with E-state index >= 15 is 0 Å². The maximum atomic E-state index is 14.2.